The molecule has 0 fully saturated rings. The Morgan fingerprint density at radius 1 is 1.33 bits per heavy atom. The van der Waals surface area contributed by atoms with Crippen molar-refractivity contribution < 1.29 is 17.6 Å². The van der Waals surface area contributed by atoms with Crippen molar-refractivity contribution in [1.29, 1.82) is 0 Å². The molecule has 1 N–H and O–H groups in total. The fraction of sp³-hybridized carbons (Fsp3) is 0.714. The van der Waals surface area contributed by atoms with E-state index in [2.05, 4.69) is 5.32 Å². The maximum absolute atomic E-state index is 12.4. The second-order valence-corrected chi connectivity index (χ2v) is 7.68. The van der Waals surface area contributed by atoms with E-state index in [-0.39, 0.29) is 10.6 Å². The summed E-state index contributed by atoms with van der Waals surface area (Å²) >= 11 is 0. The van der Waals surface area contributed by atoms with Crippen LogP contribution in [0.25, 0.3) is 0 Å². The Balaban J connectivity index is 2.82. The van der Waals surface area contributed by atoms with Crippen LogP contribution in [0.3, 0.4) is 0 Å². The predicted molar refractivity (Wildman–Crippen MR) is 81.6 cm³/mol. The van der Waals surface area contributed by atoms with Crippen molar-refractivity contribution in [1.82, 2.24) is 9.62 Å². The van der Waals surface area contributed by atoms with Gasteiger partial charge in [-0.3, -0.25) is 0 Å². The smallest absolute Gasteiger partial charge is 0.276 e. The third kappa shape index (κ3) is 5.43. The Hall–Kier alpha value is -0.890. The van der Waals surface area contributed by atoms with E-state index in [9.17, 15) is 8.42 Å². The van der Waals surface area contributed by atoms with Crippen LogP contribution in [0.15, 0.2) is 21.6 Å². The Bertz CT molecular complexity index is 531. The molecule has 0 radical (unpaired) electrons. The van der Waals surface area contributed by atoms with E-state index in [4.69, 9.17) is 9.15 Å². The number of nitrogens with one attached hydrogen (secondary N) is 1. The standard InChI is InChI=1S/C14H26N2O4S/c1-6-16(9-10-19-5)21(17,18)13-8-7-12(20-13)11-15-14(2,3)4/h7-8,15H,6,9-11H2,1-5H3. The lowest BCUT2D eigenvalue weighted by atomic mass is 10.1. The number of methoxy groups -OCH3 is 1. The number of furan rings is 1. The van der Waals surface area contributed by atoms with E-state index in [1.165, 1.54) is 10.4 Å². The van der Waals surface area contributed by atoms with Crippen LogP contribution in [0.4, 0.5) is 0 Å². The molecular weight excluding hydrogens is 292 g/mol. The minimum Gasteiger partial charge on any atom is -0.447 e. The summed E-state index contributed by atoms with van der Waals surface area (Å²) in [5, 5.41) is 3.24. The number of hydrogen-bond donors (Lipinski definition) is 1. The van der Waals surface area contributed by atoms with Gasteiger partial charge in [0.1, 0.15) is 5.76 Å². The molecule has 6 nitrogen and oxygen atoms in total. The Kier molecular flexibility index (Phi) is 6.40. The first-order valence-corrected chi connectivity index (χ1v) is 8.47. The summed E-state index contributed by atoms with van der Waals surface area (Å²) in [7, 11) is -2.05. The van der Waals surface area contributed by atoms with Crippen molar-refractivity contribution in [3.63, 3.8) is 0 Å². The van der Waals surface area contributed by atoms with Crippen LogP contribution < -0.4 is 5.32 Å². The first-order valence-electron chi connectivity index (χ1n) is 7.03. The minimum absolute atomic E-state index is 0.0221. The number of hydrogen-bond acceptors (Lipinski definition) is 5. The summed E-state index contributed by atoms with van der Waals surface area (Å²) in [5.74, 6) is 0.603. The highest BCUT2D eigenvalue weighted by molar-refractivity contribution is 7.89. The fourth-order valence-corrected chi connectivity index (χ4v) is 3.07. The molecule has 0 spiro atoms. The number of sulfonamides is 1. The van der Waals surface area contributed by atoms with Crippen molar-refractivity contribution in [3.8, 4) is 0 Å². The number of ether oxygens (including phenoxy) is 1. The van der Waals surface area contributed by atoms with Gasteiger partial charge in [-0.2, -0.15) is 4.31 Å². The van der Waals surface area contributed by atoms with Gasteiger partial charge in [0, 0.05) is 25.7 Å². The molecule has 1 heterocycles. The van der Waals surface area contributed by atoms with Crippen LogP contribution in [0.1, 0.15) is 33.5 Å². The average Bonchev–Trinajstić information content (AvgIpc) is 2.86. The molecule has 0 aliphatic rings. The van der Waals surface area contributed by atoms with E-state index >= 15 is 0 Å². The maximum atomic E-state index is 12.4. The molecule has 0 aliphatic heterocycles. The van der Waals surface area contributed by atoms with Gasteiger partial charge < -0.3 is 14.5 Å². The van der Waals surface area contributed by atoms with Crippen LogP contribution in [-0.4, -0.2) is 45.1 Å². The van der Waals surface area contributed by atoms with Gasteiger partial charge >= 0.3 is 0 Å². The van der Waals surface area contributed by atoms with Crippen molar-refractivity contribution in [2.75, 3.05) is 26.8 Å². The SMILES string of the molecule is CCN(CCOC)S(=O)(=O)c1ccc(CNC(C)(C)C)o1. The highest BCUT2D eigenvalue weighted by atomic mass is 32.2. The lowest BCUT2D eigenvalue weighted by Gasteiger charge is -2.20. The second-order valence-electron chi connectivity index (χ2n) is 5.81. The van der Waals surface area contributed by atoms with Gasteiger partial charge in [-0.25, -0.2) is 8.42 Å². The van der Waals surface area contributed by atoms with Crippen LogP contribution >= 0.6 is 0 Å². The minimum atomic E-state index is -3.60. The van der Waals surface area contributed by atoms with Gasteiger partial charge in [-0.05, 0) is 32.9 Å². The highest BCUT2D eigenvalue weighted by Gasteiger charge is 2.26. The van der Waals surface area contributed by atoms with E-state index in [1.807, 2.05) is 20.8 Å². The lowest BCUT2D eigenvalue weighted by Crippen LogP contribution is -2.35. The van der Waals surface area contributed by atoms with E-state index in [0.29, 0.717) is 32.0 Å². The Morgan fingerprint density at radius 2 is 2.00 bits per heavy atom. The summed E-state index contributed by atoms with van der Waals surface area (Å²) in [6.45, 7) is 9.44. The van der Waals surface area contributed by atoms with Gasteiger partial charge in [-0.15, -0.1) is 0 Å². The molecule has 0 saturated heterocycles. The molecule has 0 aliphatic carbocycles. The van der Waals surface area contributed by atoms with Crippen molar-refractivity contribution >= 4 is 10.0 Å². The molecular formula is C14H26N2O4S. The zero-order valence-corrected chi connectivity index (χ0v) is 14.3. The molecule has 0 bridgehead atoms. The highest BCUT2D eigenvalue weighted by Crippen LogP contribution is 2.19. The molecule has 0 amide bonds. The molecule has 0 saturated carbocycles. The first-order chi connectivity index (χ1) is 9.70. The molecule has 1 aromatic heterocycles. The fourth-order valence-electron chi connectivity index (χ4n) is 1.71. The van der Waals surface area contributed by atoms with Crippen LogP contribution in [-0.2, 0) is 21.3 Å². The molecule has 0 atom stereocenters. The van der Waals surface area contributed by atoms with Gasteiger partial charge in [0.15, 0.2) is 0 Å². The van der Waals surface area contributed by atoms with Crippen LogP contribution in [0.2, 0.25) is 0 Å². The first kappa shape index (κ1) is 18.2. The maximum Gasteiger partial charge on any atom is 0.276 e. The molecule has 7 heteroatoms. The quantitative estimate of drug-likeness (QED) is 0.791. The summed E-state index contributed by atoms with van der Waals surface area (Å²) in [6, 6.07) is 3.19. The zero-order valence-electron chi connectivity index (χ0n) is 13.5. The number of rotatable bonds is 8. The number of nitrogens with zero attached hydrogens (tertiary/aromatic N) is 1. The Labute approximate surface area is 127 Å². The van der Waals surface area contributed by atoms with Gasteiger partial charge in [0.2, 0.25) is 5.09 Å². The third-order valence-electron chi connectivity index (χ3n) is 2.92. The molecule has 0 unspecified atom stereocenters. The number of likely N-dealkylation sites (N-methyl/N-ethyl adjacent to an activating group) is 1. The Morgan fingerprint density at radius 3 is 2.52 bits per heavy atom. The zero-order chi connectivity index (χ0) is 16.1. The average molecular weight is 318 g/mol. The summed E-state index contributed by atoms with van der Waals surface area (Å²) in [4.78, 5) is 0. The van der Waals surface area contributed by atoms with E-state index < -0.39 is 10.0 Å². The van der Waals surface area contributed by atoms with Crippen molar-refractivity contribution in [3.05, 3.63) is 17.9 Å². The molecule has 1 rings (SSSR count). The summed E-state index contributed by atoms with van der Waals surface area (Å²) in [6.07, 6.45) is 0. The van der Waals surface area contributed by atoms with Crippen LogP contribution in [0, 0.1) is 0 Å². The predicted octanol–water partition coefficient (Wildman–Crippen LogP) is 1.82. The van der Waals surface area contributed by atoms with Gasteiger partial charge in [0.05, 0.1) is 13.2 Å². The van der Waals surface area contributed by atoms with Gasteiger partial charge in [0.25, 0.3) is 10.0 Å². The van der Waals surface area contributed by atoms with Crippen molar-refractivity contribution in [2.45, 2.75) is 44.9 Å². The molecule has 21 heavy (non-hydrogen) atoms. The summed E-state index contributed by atoms with van der Waals surface area (Å²) < 4.78 is 36.6. The third-order valence-corrected chi connectivity index (χ3v) is 4.77. The van der Waals surface area contributed by atoms with E-state index in [0.717, 1.165) is 0 Å². The molecule has 1 aromatic rings. The normalized spacial score (nSPS) is 13.0. The van der Waals surface area contributed by atoms with Crippen LogP contribution in [0.5, 0.6) is 0 Å². The summed E-state index contributed by atoms with van der Waals surface area (Å²) in [5.41, 5.74) is -0.0558. The molecule has 0 aromatic carbocycles. The molecule has 122 valence electrons. The monoisotopic (exact) mass is 318 g/mol. The second kappa shape index (κ2) is 7.40. The largest absolute Gasteiger partial charge is 0.447 e. The van der Waals surface area contributed by atoms with E-state index in [1.54, 1.807) is 20.1 Å². The van der Waals surface area contributed by atoms with Gasteiger partial charge in [-0.1, -0.05) is 6.92 Å². The topological polar surface area (TPSA) is 71.8 Å². The van der Waals surface area contributed by atoms with Crippen molar-refractivity contribution in [2.24, 2.45) is 0 Å². The lowest BCUT2D eigenvalue weighted by molar-refractivity contribution is 0.179.